The summed E-state index contributed by atoms with van der Waals surface area (Å²) in [7, 11) is 0. The van der Waals surface area contributed by atoms with E-state index in [2.05, 4.69) is 5.32 Å². The van der Waals surface area contributed by atoms with Crippen LogP contribution in [-0.4, -0.2) is 34.6 Å². The molecule has 1 rings (SSSR count). The van der Waals surface area contributed by atoms with E-state index in [9.17, 15) is 19.7 Å². The third kappa shape index (κ3) is 4.39. The molecule has 9 heteroatoms. The largest absolute Gasteiger partial charge is 0.480 e. The number of hydrogen-bond donors (Lipinski definition) is 2. The quantitative estimate of drug-likeness (QED) is 0.602. The van der Waals surface area contributed by atoms with Crippen LogP contribution in [-0.2, 0) is 9.59 Å². The van der Waals surface area contributed by atoms with Crippen molar-refractivity contribution in [2.24, 2.45) is 0 Å². The molecule has 0 spiro atoms. The zero-order valence-electron chi connectivity index (χ0n) is 10.3. The normalized spacial score (nSPS) is 11.5. The lowest BCUT2D eigenvalue weighted by Gasteiger charge is -2.14. The molecule has 1 atom stereocenters. The highest BCUT2D eigenvalue weighted by molar-refractivity contribution is 6.30. The summed E-state index contributed by atoms with van der Waals surface area (Å²) >= 11 is 5.64. The second-order valence-electron chi connectivity index (χ2n) is 3.74. The summed E-state index contributed by atoms with van der Waals surface area (Å²) in [6.07, 6.45) is -1.09. The first-order chi connectivity index (χ1) is 9.31. The lowest BCUT2D eigenvalue weighted by atomic mass is 10.3. The Morgan fingerprint density at radius 1 is 1.55 bits per heavy atom. The maximum atomic E-state index is 11.5. The molecule has 2 N–H and O–H groups in total. The van der Waals surface area contributed by atoms with Crippen LogP contribution in [0.1, 0.15) is 6.92 Å². The van der Waals surface area contributed by atoms with Gasteiger partial charge in [0, 0.05) is 11.1 Å². The number of hydrogen-bond acceptors (Lipinski definition) is 5. The highest BCUT2D eigenvalue weighted by Crippen LogP contribution is 2.30. The van der Waals surface area contributed by atoms with Crippen LogP contribution in [0.4, 0.5) is 5.69 Å². The third-order valence-corrected chi connectivity index (χ3v) is 2.44. The van der Waals surface area contributed by atoms with Crippen LogP contribution in [0, 0.1) is 10.1 Å². The number of aliphatic carboxylic acids is 1. The van der Waals surface area contributed by atoms with Crippen molar-refractivity contribution in [1.82, 2.24) is 5.32 Å². The first-order valence-electron chi connectivity index (χ1n) is 5.41. The summed E-state index contributed by atoms with van der Waals surface area (Å²) in [4.78, 5) is 31.9. The highest BCUT2D eigenvalue weighted by Gasteiger charge is 2.21. The second kappa shape index (κ2) is 6.71. The molecule has 20 heavy (non-hydrogen) atoms. The maximum Gasteiger partial charge on any atom is 0.322 e. The summed E-state index contributed by atoms with van der Waals surface area (Å²) in [5.74, 6) is -2.03. The van der Waals surface area contributed by atoms with Gasteiger partial charge in [-0.3, -0.25) is 19.7 Å². The number of nitro groups is 1. The van der Waals surface area contributed by atoms with Gasteiger partial charge in [-0.1, -0.05) is 11.6 Å². The predicted octanol–water partition coefficient (Wildman–Crippen LogP) is 1.22. The molecule has 0 bridgehead atoms. The van der Waals surface area contributed by atoms with Gasteiger partial charge in [0.25, 0.3) is 5.91 Å². The van der Waals surface area contributed by atoms with Crippen LogP contribution < -0.4 is 10.1 Å². The molecular weight excluding hydrogens is 292 g/mol. The monoisotopic (exact) mass is 302 g/mol. The van der Waals surface area contributed by atoms with Crippen molar-refractivity contribution < 1.29 is 24.4 Å². The number of carboxylic acids is 1. The van der Waals surface area contributed by atoms with Gasteiger partial charge in [0.15, 0.2) is 11.9 Å². The first kappa shape index (κ1) is 15.7. The molecule has 0 heterocycles. The molecule has 0 aliphatic rings. The molecule has 0 radical (unpaired) electrons. The van der Waals surface area contributed by atoms with Crippen LogP contribution in [0.25, 0.3) is 0 Å². The summed E-state index contributed by atoms with van der Waals surface area (Å²) in [5, 5.41) is 21.5. The van der Waals surface area contributed by atoms with E-state index >= 15 is 0 Å². The van der Waals surface area contributed by atoms with Crippen molar-refractivity contribution in [3.63, 3.8) is 0 Å². The number of nitro benzene ring substituents is 1. The Kier molecular flexibility index (Phi) is 5.27. The summed E-state index contributed by atoms with van der Waals surface area (Å²) in [5.41, 5.74) is -0.379. The molecule has 0 aliphatic heterocycles. The smallest absolute Gasteiger partial charge is 0.322 e. The number of ether oxygens (including phenoxy) is 1. The molecule has 0 saturated heterocycles. The van der Waals surface area contributed by atoms with E-state index in [1.54, 1.807) is 0 Å². The number of carboxylic acid groups (broad SMARTS) is 1. The van der Waals surface area contributed by atoms with E-state index < -0.39 is 29.4 Å². The van der Waals surface area contributed by atoms with E-state index in [0.717, 1.165) is 6.07 Å². The van der Waals surface area contributed by atoms with Crippen LogP contribution in [0.2, 0.25) is 5.02 Å². The molecule has 0 saturated carbocycles. The van der Waals surface area contributed by atoms with Gasteiger partial charge in [-0.15, -0.1) is 0 Å². The summed E-state index contributed by atoms with van der Waals surface area (Å²) in [6, 6.07) is 3.74. The van der Waals surface area contributed by atoms with Crippen molar-refractivity contribution in [3.05, 3.63) is 33.3 Å². The van der Waals surface area contributed by atoms with Gasteiger partial charge in [-0.05, 0) is 19.1 Å². The SMILES string of the molecule is CC(Oc1ccc(Cl)cc1[N+](=O)[O-])C(=O)NCC(=O)O. The van der Waals surface area contributed by atoms with Crippen LogP contribution >= 0.6 is 11.6 Å². The van der Waals surface area contributed by atoms with Crippen LogP contribution in [0.3, 0.4) is 0 Å². The van der Waals surface area contributed by atoms with Crippen molar-refractivity contribution in [3.8, 4) is 5.75 Å². The van der Waals surface area contributed by atoms with E-state index in [-0.39, 0.29) is 16.5 Å². The van der Waals surface area contributed by atoms with Crippen molar-refractivity contribution in [1.29, 1.82) is 0 Å². The van der Waals surface area contributed by atoms with Crippen LogP contribution in [0.5, 0.6) is 5.75 Å². The van der Waals surface area contributed by atoms with Crippen molar-refractivity contribution >= 4 is 29.2 Å². The zero-order chi connectivity index (χ0) is 15.3. The number of nitrogens with one attached hydrogen (secondary N) is 1. The van der Waals surface area contributed by atoms with Crippen molar-refractivity contribution in [2.45, 2.75) is 13.0 Å². The predicted molar refractivity (Wildman–Crippen MR) is 68.8 cm³/mol. The number of rotatable bonds is 6. The highest BCUT2D eigenvalue weighted by atomic mass is 35.5. The number of benzene rings is 1. The van der Waals surface area contributed by atoms with E-state index in [1.807, 2.05) is 0 Å². The van der Waals surface area contributed by atoms with Gasteiger partial charge in [0.2, 0.25) is 0 Å². The van der Waals surface area contributed by atoms with Gasteiger partial charge in [-0.2, -0.15) is 0 Å². The number of carbonyl (C=O) groups excluding carboxylic acids is 1. The Hall–Kier alpha value is -2.35. The standard InChI is InChI=1S/C11H11ClN2O6/c1-6(11(17)13-5-10(15)16)20-9-3-2-7(12)4-8(9)14(18)19/h2-4,6H,5H2,1H3,(H,13,17)(H,15,16). The average Bonchev–Trinajstić information content (AvgIpc) is 2.37. The van der Waals surface area contributed by atoms with Gasteiger partial charge < -0.3 is 15.2 Å². The lowest BCUT2D eigenvalue weighted by Crippen LogP contribution is -2.39. The molecule has 1 aromatic carbocycles. The fraction of sp³-hybridized carbons (Fsp3) is 0.273. The van der Waals surface area contributed by atoms with Gasteiger partial charge in [0.05, 0.1) is 4.92 Å². The third-order valence-electron chi connectivity index (χ3n) is 2.20. The Balaban J connectivity index is 2.80. The van der Waals surface area contributed by atoms with Gasteiger partial charge >= 0.3 is 11.7 Å². The number of amides is 1. The average molecular weight is 303 g/mol. The fourth-order valence-electron chi connectivity index (χ4n) is 1.28. The molecule has 0 fully saturated rings. The molecule has 8 nitrogen and oxygen atoms in total. The van der Waals surface area contributed by atoms with Gasteiger partial charge in [-0.25, -0.2) is 0 Å². The van der Waals surface area contributed by atoms with E-state index in [1.165, 1.54) is 19.1 Å². The Labute approximate surface area is 118 Å². The van der Waals surface area contributed by atoms with Crippen LogP contribution in [0.15, 0.2) is 18.2 Å². The molecular formula is C11H11ClN2O6. The number of nitrogens with zero attached hydrogens (tertiary/aromatic N) is 1. The molecule has 1 unspecified atom stereocenters. The molecule has 1 amide bonds. The zero-order valence-corrected chi connectivity index (χ0v) is 11.1. The van der Waals surface area contributed by atoms with E-state index in [0.29, 0.717) is 0 Å². The summed E-state index contributed by atoms with van der Waals surface area (Å²) < 4.78 is 5.15. The van der Waals surface area contributed by atoms with Gasteiger partial charge in [0.1, 0.15) is 6.54 Å². The Morgan fingerprint density at radius 2 is 2.20 bits per heavy atom. The summed E-state index contributed by atoms with van der Waals surface area (Å²) in [6.45, 7) is 0.783. The Bertz CT molecular complexity index is 548. The fourth-order valence-corrected chi connectivity index (χ4v) is 1.45. The minimum atomic E-state index is -1.21. The molecule has 0 aliphatic carbocycles. The van der Waals surface area contributed by atoms with E-state index in [4.69, 9.17) is 21.4 Å². The second-order valence-corrected chi connectivity index (χ2v) is 4.18. The maximum absolute atomic E-state index is 11.5. The first-order valence-corrected chi connectivity index (χ1v) is 5.79. The minimum Gasteiger partial charge on any atom is -0.480 e. The number of halogens is 1. The minimum absolute atomic E-state index is 0.127. The Morgan fingerprint density at radius 3 is 2.75 bits per heavy atom. The lowest BCUT2D eigenvalue weighted by molar-refractivity contribution is -0.386. The molecule has 1 aromatic rings. The topological polar surface area (TPSA) is 119 Å². The molecule has 0 aromatic heterocycles. The molecule has 108 valence electrons. The number of carbonyl (C=O) groups is 2. The van der Waals surface area contributed by atoms with Crippen molar-refractivity contribution in [2.75, 3.05) is 6.54 Å².